The van der Waals surface area contributed by atoms with Crippen LogP contribution in [0, 0.1) is 0 Å². The fraction of sp³-hybridized carbons (Fsp3) is 0.571. The van der Waals surface area contributed by atoms with Crippen LogP contribution in [0.4, 0.5) is 0 Å². The minimum atomic E-state index is -0.0635. The van der Waals surface area contributed by atoms with Crippen LogP contribution in [0.5, 0.6) is 0 Å². The highest BCUT2D eigenvalue weighted by atomic mass is 16.5. The van der Waals surface area contributed by atoms with Crippen molar-refractivity contribution in [1.29, 1.82) is 0 Å². The maximum Gasteiger partial charge on any atom is 0.142 e. The average Bonchev–Trinajstić information content (AvgIpc) is 2.83. The van der Waals surface area contributed by atoms with Gasteiger partial charge in [-0.05, 0) is 0 Å². The van der Waals surface area contributed by atoms with Crippen LogP contribution in [0.3, 0.4) is 0 Å². The molecule has 0 aliphatic carbocycles. The molecular formula is C14H20N2O2. The second-order valence-electron chi connectivity index (χ2n) is 6.41. The van der Waals surface area contributed by atoms with Gasteiger partial charge in [0.1, 0.15) is 12.0 Å². The SMILES string of the molecule is CC(C)(C)c1cc(CC(C)(C)c2cnoc2)no1. The molecule has 2 aromatic rings. The lowest BCUT2D eigenvalue weighted by atomic mass is 9.82. The molecule has 0 atom stereocenters. The first kappa shape index (κ1) is 12.9. The molecule has 0 aliphatic rings. The lowest BCUT2D eigenvalue weighted by Gasteiger charge is -2.20. The summed E-state index contributed by atoms with van der Waals surface area (Å²) in [7, 11) is 0. The second-order valence-corrected chi connectivity index (χ2v) is 6.41. The van der Waals surface area contributed by atoms with Gasteiger partial charge >= 0.3 is 0 Å². The zero-order valence-corrected chi connectivity index (χ0v) is 11.7. The van der Waals surface area contributed by atoms with Gasteiger partial charge < -0.3 is 9.05 Å². The highest BCUT2D eigenvalue weighted by Gasteiger charge is 2.26. The standard InChI is InChI=1S/C14H20N2O2/c1-13(2,3)12-6-11(16-18-12)7-14(4,5)10-8-15-17-9-10/h6,8-9H,7H2,1-5H3. The summed E-state index contributed by atoms with van der Waals surface area (Å²) >= 11 is 0. The molecule has 0 N–H and O–H groups in total. The molecule has 0 saturated carbocycles. The van der Waals surface area contributed by atoms with E-state index in [1.807, 2.05) is 6.07 Å². The van der Waals surface area contributed by atoms with Crippen molar-refractivity contribution in [2.75, 3.05) is 0 Å². The maximum atomic E-state index is 5.40. The van der Waals surface area contributed by atoms with Crippen LogP contribution in [0.2, 0.25) is 0 Å². The number of rotatable bonds is 3. The summed E-state index contributed by atoms with van der Waals surface area (Å²) in [5.41, 5.74) is 1.97. The third kappa shape index (κ3) is 2.63. The third-order valence-electron chi connectivity index (χ3n) is 3.14. The van der Waals surface area contributed by atoms with Gasteiger partial charge in [-0.2, -0.15) is 0 Å². The van der Waals surface area contributed by atoms with Crippen molar-refractivity contribution in [2.24, 2.45) is 0 Å². The van der Waals surface area contributed by atoms with E-state index in [4.69, 9.17) is 9.05 Å². The van der Waals surface area contributed by atoms with E-state index in [-0.39, 0.29) is 10.8 Å². The molecule has 0 amide bonds. The van der Waals surface area contributed by atoms with E-state index in [9.17, 15) is 0 Å². The summed E-state index contributed by atoms with van der Waals surface area (Å²) < 4.78 is 10.3. The van der Waals surface area contributed by atoms with Gasteiger partial charge in [0.05, 0.1) is 11.9 Å². The van der Waals surface area contributed by atoms with E-state index in [0.717, 1.165) is 23.4 Å². The molecule has 0 aromatic carbocycles. The minimum Gasteiger partial charge on any atom is -0.364 e. The Labute approximate surface area is 107 Å². The maximum absolute atomic E-state index is 5.40. The summed E-state index contributed by atoms with van der Waals surface area (Å²) in [6, 6.07) is 2.04. The quantitative estimate of drug-likeness (QED) is 0.834. The zero-order valence-electron chi connectivity index (χ0n) is 11.7. The van der Waals surface area contributed by atoms with Crippen molar-refractivity contribution >= 4 is 0 Å². The van der Waals surface area contributed by atoms with Gasteiger partial charge in [0.25, 0.3) is 0 Å². The van der Waals surface area contributed by atoms with Crippen LogP contribution in [0.1, 0.15) is 51.6 Å². The molecule has 0 spiro atoms. The molecule has 4 nitrogen and oxygen atoms in total. The summed E-state index contributed by atoms with van der Waals surface area (Å²) in [5.74, 6) is 0.915. The van der Waals surface area contributed by atoms with Crippen LogP contribution in [0.15, 0.2) is 27.6 Å². The Hall–Kier alpha value is -1.58. The third-order valence-corrected chi connectivity index (χ3v) is 3.14. The van der Waals surface area contributed by atoms with Crippen molar-refractivity contribution in [3.05, 3.63) is 35.5 Å². The number of hydrogen-bond donors (Lipinski definition) is 0. The average molecular weight is 248 g/mol. The normalized spacial score (nSPS) is 12.9. The molecule has 0 unspecified atom stereocenters. The molecule has 4 heteroatoms. The van der Waals surface area contributed by atoms with E-state index < -0.39 is 0 Å². The number of aromatic nitrogens is 2. The van der Waals surface area contributed by atoms with E-state index >= 15 is 0 Å². The smallest absolute Gasteiger partial charge is 0.142 e. The van der Waals surface area contributed by atoms with Crippen molar-refractivity contribution in [3.63, 3.8) is 0 Å². The van der Waals surface area contributed by atoms with Gasteiger partial charge in [-0.15, -0.1) is 0 Å². The highest BCUT2D eigenvalue weighted by molar-refractivity contribution is 5.21. The topological polar surface area (TPSA) is 52.1 Å². The Kier molecular flexibility index (Phi) is 3.05. The first-order valence-corrected chi connectivity index (χ1v) is 6.15. The fourth-order valence-corrected chi connectivity index (χ4v) is 1.84. The Morgan fingerprint density at radius 2 is 1.89 bits per heavy atom. The monoisotopic (exact) mass is 248 g/mol. The van der Waals surface area contributed by atoms with Gasteiger partial charge in [-0.25, -0.2) is 0 Å². The van der Waals surface area contributed by atoms with Gasteiger partial charge in [0.15, 0.2) is 0 Å². The minimum absolute atomic E-state index is 0.00735. The number of nitrogens with zero attached hydrogens (tertiary/aromatic N) is 2. The predicted molar refractivity (Wildman–Crippen MR) is 68.4 cm³/mol. The molecule has 0 bridgehead atoms. The largest absolute Gasteiger partial charge is 0.364 e. The van der Waals surface area contributed by atoms with Gasteiger partial charge in [0.2, 0.25) is 0 Å². The van der Waals surface area contributed by atoms with Crippen LogP contribution < -0.4 is 0 Å². The van der Waals surface area contributed by atoms with Gasteiger partial charge in [0, 0.05) is 28.9 Å². The first-order valence-electron chi connectivity index (χ1n) is 6.15. The lowest BCUT2D eigenvalue weighted by molar-refractivity contribution is 0.323. The Bertz CT molecular complexity index is 504. The van der Waals surface area contributed by atoms with E-state index in [1.165, 1.54) is 0 Å². The molecule has 18 heavy (non-hydrogen) atoms. The number of hydrogen-bond acceptors (Lipinski definition) is 4. The van der Waals surface area contributed by atoms with Crippen LogP contribution in [0.25, 0.3) is 0 Å². The molecule has 0 radical (unpaired) electrons. The Morgan fingerprint density at radius 3 is 2.39 bits per heavy atom. The zero-order chi connectivity index (χ0) is 13.4. The Morgan fingerprint density at radius 1 is 1.17 bits per heavy atom. The summed E-state index contributed by atoms with van der Waals surface area (Å²) in [6.45, 7) is 10.6. The van der Waals surface area contributed by atoms with Crippen LogP contribution >= 0.6 is 0 Å². The summed E-state index contributed by atoms with van der Waals surface area (Å²) in [4.78, 5) is 0. The predicted octanol–water partition coefficient (Wildman–Crippen LogP) is 3.48. The summed E-state index contributed by atoms with van der Waals surface area (Å²) in [5, 5.41) is 7.91. The van der Waals surface area contributed by atoms with Gasteiger partial charge in [-0.1, -0.05) is 44.9 Å². The molecule has 2 rings (SSSR count). The van der Waals surface area contributed by atoms with E-state index in [1.54, 1.807) is 12.5 Å². The van der Waals surface area contributed by atoms with E-state index in [2.05, 4.69) is 44.9 Å². The first-order chi connectivity index (χ1) is 8.29. The van der Waals surface area contributed by atoms with E-state index in [0.29, 0.717) is 0 Å². The molecule has 2 heterocycles. The van der Waals surface area contributed by atoms with Crippen molar-refractivity contribution in [1.82, 2.24) is 10.3 Å². The molecule has 0 aliphatic heterocycles. The van der Waals surface area contributed by atoms with Gasteiger partial charge in [-0.3, -0.25) is 0 Å². The fourth-order valence-electron chi connectivity index (χ4n) is 1.84. The molecule has 0 fully saturated rings. The molecule has 0 saturated heterocycles. The lowest BCUT2D eigenvalue weighted by Crippen LogP contribution is -2.20. The molecule has 98 valence electrons. The van der Waals surface area contributed by atoms with Crippen molar-refractivity contribution in [2.45, 2.75) is 51.9 Å². The van der Waals surface area contributed by atoms with Crippen LogP contribution in [-0.4, -0.2) is 10.3 Å². The Balaban J connectivity index is 2.17. The van der Waals surface area contributed by atoms with Crippen molar-refractivity contribution < 1.29 is 9.05 Å². The molecular weight excluding hydrogens is 228 g/mol. The van der Waals surface area contributed by atoms with Crippen molar-refractivity contribution in [3.8, 4) is 0 Å². The summed E-state index contributed by atoms with van der Waals surface area (Å²) in [6.07, 6.45) is 4.24. The molecule has 2 aromatic heterocycles. The second kappa shape index (κ2) is 4.26. The van der Waals surface area contributed by atoms with Crippen LogP contribution in [-0.2, 0) is 17.3 Å². The highest BCUT2D eigenvalue weighted by Crippen LogP contribution is 2.29.